The molecule has 2 aromatic rings. The largest absolute Gasteiger partial charge is 0.369 e. The van der Waals surface area contributed by atoms with Crippen LogP contribution in [0.3, 0.4) is 0 Å². The van der Waals surface area contributed by atoms with Crippen molar-refractivity contribution in [1.82, 2.24) is 4.90 Å². The lowest BCUT2D eigenvalue weighted by molar-refractivity contribution is -0.117. The average Bonchev–Trinajstić information content (AvgIpc) is 2.61. The molecule has 3 rings (SSSR count). The summed E-state index contributed by atoms with van der Waals surface area (Å²) in [5.41, 5.74) is 0.512. The lowest BCUT2D eigenvalue weighted by atomic mass is 10.2. The molecule has 0 radical (unpaired) electrons. The lowest BCUT2D eigenvalue weighted by Gasteiger charge is -2.35. The predicted molar refractivity (Wildman–Crippen MR) is 90.0 cm³/mol. The average molecular weight is 367 g/mol. The highest BCUT2D eigenvalue weighted by Crippen LogP contribution is 2.19. The number of hydrogen-bond acceptors (Lipinski definition) is 3. The van der Waals surface area contributed by atoms with Crippen LogP contribution in [0.1, 0.15) is 0 Å². The number of nitrogens with one attached hydrogen (secondary N) is 1. The topological polar surface area (TPSA) is 35.6 Å². The highest BCUT2D eigenvalue weighted by atomic mass is 19.2. The Morgan fingerprint density at radius 3 is 2.15 bits per heavy atom. The molecule has 0 aliphatic carbocycles. The van der Waals surface area contributed by atoms with E-state index in [1.807, 2.05) is 4.90 Å². The van der Waals surface area contributed by atoms with Gasteiger partial charge in [-0.1, -0.05) is 0 Å². The molecule has 4 nitrogen and oxygen atoms in total. The van der Waals surface area contributed by atoms with Crippen molar-refractivity contribution in [2.75, 3.05) is 42.9 Å². The van der Waals surface area contributed by atoms with E-state index in [-0.39, 0.29) is 18.0 Å². The number of anilines is 2. The summed E-state index contributed by atoms with van der Waals surface area (Å²) in [7, 11) is 0. The van der Waals surface area contributed by atoms with Crippen LogP contribution in [0.4, 0.5) is 28.9 Å². The summed E-state index contributed by atoms with van der Waals surface area (Å²) in [4.78, 5) is 16.0. The quantitative estimate of drug-likeness (QED) is 0.667. The maximum atomic E-state index is 13.6. The summed E-state index contributed by atoms with van der Waals surface area (Å²) in [5, 5.41) is 2.26. The molecule has 0 bridgehead atoms. The number of carbonyl (C=O) groups is 1. The van der Waals surface area contributed by atoms with Gasteiger partial charge >= 0.3 is 0 Å². The standard InChI is InChI=1S/C18H17F4N3O/c19-12-1-3-13(4-2-12)25-7-5-24(6-8-25)11-18(26)23-17-10-15(21)14(20)9-16(17)22/h1-4,9-10H,5-8,11H2,(H,23,26). The van der Waals surface area contributed by atoms with Crippen molar-refractivity contribution < 1.29 is 22.4 Å². The third-order valence-corrected chi connectivity index (χ3v) is 4.22. The Balaban J connectivity index is 1.52. The number of amides is 1. The van der Waals surface area contributed by atoms with Gasteiger partial charge < -0.3 is 10.2 Å². The van der Waals surface area contributed by atoms with E-state index in [1.165, 1.54) is 12.1 Å². The van der Waals surface area contributed by atoms with Gasteiger partial charge in [0.15, 0.2) is 11.6 Å². The van der Waals surface area contributed by atoms with Crippen LogP contribution in [-0.4, -0.2) is 43.5 Å². The summed E-state index contributed by atoms with van der Waals surface area (Å²) >= 11 is 0. The zero-order valence-corrected chi connectivity index (χ0v) is 13.8. The Morgan fingerprint density at radius 1 is 0.885 bits per heavy atom. The highest BCUT2D eigenvalue weighted by Gasteiger charge is 2.20. The van der Waals surface area contributed by atoms with Crippen LogP contribution in [0.5, 0.6) is 0 Å². The first kappa shape index (κ1) is 18.2. The second-order valence-corrected chi connectivity index (χ2v) is 6.03. The minimum Gasteiger partial charge on any atom is -0.369 e. The molecule has 1 amide bonds. The van der Waals surface area contributed by atoms with E-state index in [0.29, 0.717) is 38.3 Å². The molecular formula is C18H17F4N3O. The summed E-state index contributed by atoms with van der Waals surface area (Å²) < 4.78 is 52.6. The molecule has 1 aliphatic rings. The van der Waals surface area contributed by atoms with Crippen LogP contribution >= 0.6 is 0 Å². The fourth-order valence-electron chi connectivity index (χ4n) is 2.83. The molecule has 1 aliphatic heterocycles. The van der Waals surface area contributed by atoms with Crippen molar-refractivity contribution in [3.05, 3.63) is 59.7 Å². The van der Waals surface area contributed by atoms with Gasteiger partial charge in [0, 0.05) is 44.0 Å². The fraction of sp³-hybridized carbons (Fsp3) is 0.278. The number of carbonyl (C=O) groups excluding carboxylic acids is 1. The third-order valence-electron chi connectivity index (χ3n) is 4.22. The molecule has 0 unspecified atom stereocenters. The fourth-order valence-corrected chi connectivity index (χ4v) is 2.83. The smallest absolute Gasteiger partial charge is 0.238 e. The molecule has 1 N–H and O–H groups in total. The molecule has 8 heteroatoms. The summed E-state index contributed by atoms with van der Waals surface area (Å²) in [6.45, 7) is 2.49. The molecule has 0 atom stereocenters. The van der Waals surface area contributed by atoms with E-state index in [9.17, 15) is 22.4 Å². The van der Waals surface area contributed by atoms with Gasteiger partial charge in [-0.15, -0.1) is 0 Å². The summed E-state index contributed by atoms with van der Waals surface area (Å²) in [6, 6.07) is 7.20. The molecule has 26 heavy (non-hydrogen) atoms. The minimum absolute atomic E-state index is 0.00962. The van der Waals surface area contributed by atoms with Crippen molar-refractivity contribution in [1.29, 1.82) is 0 Å². The Bertz CT molecular complexity index is 790. The van der Waals surface area contributed by atoms with E-state index < -0.39 is 23.4 Å². The van der Waals surface area contributed by atoms with E-state index in [2.05, 4.69) is 10.2 Å². The number of rotatable bonds is 4. The molecule has 0 saturated carbocycles. The third kappa shape index (κ3) is 4.32. The maximum absolute atomic E-state index is 13.6. The second kappa shape index (κ2) is 7.74. The Morgan fingerprint density at radius 2 is 1.50 bits per heavy atom. The van der Waals surface area contributed by atoms with E-state index in [0.717, 1.165) is 5.69 Å². The monoisotopic (exact) mass is 367 g/mol. The van der Waals surface area contributed by atoms with E-state index in [1.54, 1.807) is 12.1 Å². The van der Waals surface area contributed by atoms with Crippen molar-refractivity contribution in [2.45, 2.75) is 0 Å². The van der Waals surface area contributed by atoms with Crippen molar-refractivity contribution in [2.24, 2.45) is 0 Å². The maximum Gasteiger partial charge on any atom is 0.238 e. The molecular weight excluding hydrogens is 350 g/mol. The first-order valence-electron chi connectivity index (χ1n) is 8.09. The van der Waals surface area contributed by atoms with Gasteiger partial charge in [0.1, 0.15) is 11.6 Å². The number of piperazine rings is 1. The molecule has 1 fully saturated rings. The van der Waals surface area contributed by atoms with Gasteiger partial charge in [-0.25, -0.2) is 17.6 Å². The van der Waals surface area contributed by atoms with Gasteiger partial charge in [0.2, 0.25) is 5.91 Å². The van der Waals surface area contributed by atoms with Crippen LogP contribution in [0, 0.1) is 23.3 Å². The summed E-state index contributed by atoms with van der Waals surface area (Å²) in [5.74, 6) is -4.37. The Hall–Kier alpha value is -2.61. The van der Waals surface area contributed by atoms with Gasteiger partial charge in [0.25, 0.3) is 0 Å². The van der Waals surface area contributed by atoms with Crippen LogP contribution in [-0.2, 0) is 4.79 Å². The lowest BCUT2D eigenvalue weighted by Crippen LogP contribution is -2.48. The van der Waals surface area contributed by atoms with E-state index >= 15 is 0 Å². The number of nitrogens with zero attached hydrogens (tertiary/aromatic N) is 2. The predicted octanol–water partition coefficient (Wildman–Crippen LogP) is 3.00. The van der Waals surface area contributed by atoms with Crippen LogP contribution in [0.15, 0.2) is 36.4 Å². The summed E-state index contributed by atoms with van der Waals surface area (Å²) in [6.07, 6.45) is 0. The van der Waals surface area contributed by atoms with Gasteiger partial charge in [-0.2, -0.15) is 0 Å². The zero-order chi connectivity index (χ0) is 18.7. The number of hydrogen-bond donors (Lipinski definition) is 1. The Kier molecular flexibility index (Phi) is 5.41. The van der Waals surface area contributed by atoms with Crippen molar-refractivity contribution in [3.8, 4) is 0 Å². The van der Waals surface area contributed by atoms with Gasteiger partial charge in [0.05, 0.1) is 12.2 Å². The van der Waals surface area contributed by atoms with Crippen LogP contribution < -0.4 is 10.2 Å². The Labute approximate surface area is 148 Å². The highest BCUT2D eigenvalue weighted by molar-refractivity contribution is 5.92. The first-order valence-corrected chi connectivity index (χ1v) is 8.09. The van der Waals surface area contributed by atoms with Crippen molar-refractivity contribution in [3.63, 3.8) is 0 Å². The molecule has 0 spiro atoms. The SMILES string of the molecule is O=C(CN1CCN(c2ccc(F)cc2)CC1)Nc1cc(F)c(F)cc1F. The number of halogens is 4. The molecule has 0 aromatic heterocycles. The molecule has 1 saturated heterocycles. The second-order valence-electron chi connectivity index (χ2n) is 6.03. The van der Waals surface area contributed by atoms with Crippen molar-refractivity contribution >= 4 is 17.3 Å². The molecule has 138 valence electrons. The zero-order valence-electron chi connectivity index (χ0n) is 13.8. The van der Waals surface area contributed by atoms with Crippen LogP contribution in [0.25, 0.3) is 0 Å². The molecule has 2 aromatic carbocycles. The normalized spacial score (nSPS) is 15.2. The van der Waals surface area contributed by atoms with Gasteiger partial charge in [-0.05, 0) is 24.3 Å². The minimum atomic E-state index is -1.31. The molecule has 1 heterocycles. The van der Waals surface area contributed by atoms with Crippen LogP contribution in [0.2, 0.25) is 0 Å². The number of benzene rings is 2. The van der Waals surface area contributed by atoms with Gasteiger partial charge in [-0.3, -0.25) is 9.69 Å². The first-order chi connectivity index (χ1) is 12.4. The van der Waals surface area contributed by atoms with E-state index in [4.69, 9.17) is 0 Å².